The topological polar surface area (TPSA) is 48.3 Å². The first-order valence-electron chi connectivity index (χ1n) is 7.33. The fraction of sp³-hybridized carbons (Fsp3) is 0.438. The van der Waals surface area contributed by atoms with Gasteiger partial charge in [0.15, 0.2) is 0 Å². The molecule has 1 aromatic heterocycles. The first kappa shape index (κ1) is 15.2. The number of hydrogen-bond donors (Lipinski definition) is 1. The Morgan fingerprint density at radius 2 is 2.32 bits per heavy atom. The number of nitrogens with zero attached hydrogens (tertiary/aromatic N) is 2. The molecule has 0 aliphatic carbocycles. The van der Waals surface area contributed by atoms with Crippen molar-refractivity contribution in [1.29, 1.82) is 0 Å². The van der Waals surface area contributed by atoms with E-state index in [0.29, 0.717) is 18.2 Å². The minimum atomic E-state index is 0.215. The number of methoxy groups -OCH3 is 1. The summed E-state index contributed by atoms with van der Waals surface area (Å²) < 4.78 is 12.9. The molecule has 2 aromatic rings. The molecule has 2 heterocycles. The third-order valence-corrected chi connectivity index (χ3v) is 4.33. The minimum absolute atomic E-state index is 0.215. The maximum absolute atomic E-state index is 6.21. The van der Waals surface area contributed by atoms with E-state index in [-0.39, 0.29) is 6.04 Å². The summed E-state index contributed by atoms with van der Waals surface area (Å²) in [4.78, 5) is 0. The average molecular weight is 322 g/mol. The Kier molecular flexibility index (Phi) is 4.27. The predicted octanol–water partition coefficient (Wildman–Crippen LogP) is 3.00. The van der Waals surface area contributed by atoms with Gasteiger partial charge in [0.1, 0.15) is 5.75 Å². The molecule has 1 aliphatic rings. The molecule has 6 heteroatoms. The lowest BCUT2D eigenvalue weighted by atomic mass is 10.0. The Balaban J connectivity index is 1.80. The zero-order chi connectivity index (χ0) is 15.7. The largest absolute Gasteiger partial charge is 0.492 e. The Labute approximate surface area is 135 Å². The first-order chi connectivity index (χ1) is 10.6. The van der Waals surface area contributed by atoms with E-state index in [4.69, 9.17) is 21.1 Å². The number of rotatable bonds is 4. The van der Waals surface area contributed by atoms with Crippen molar-refractivity contribution in [3.8, 4) is 11.6 Å². The highest BCUT2D eigenvalue weighted by molar-refractivity contribution is 6.32. The summed E-state index contributed by atoms with van der Waals surface area (Å²) in [5, 5.41) is 8.65. The molecule has 0 saturated heterocycles. The van der Waals surface area contributed by atoms with Gasteiger partial charge in [0.2, 0.25) is 5.88 Å². The third kappa shape index (κ3) is 2.66. The van der Waals surface area contributed by atoms with E-state index in [0.717, 1.165) is 34.9 Å². The summed E-state index contributed by atoms with van der Waals surface area (Å²) in [6, 6.07) is 6.09. The van der Waals surface area contributed by atoms with Crippen LogP contribution in [0.1, 0.15) is 29.3 Å². The lowest BCUT2D eigenvalue weighted by Crippen LogP contribution is -2.27. The fourth-order valence-corrected chi connectivity index (χ4v) is 3.20. The van der Waals surface area contributed by atoms with Gasteiger partial charge in [-0.15, -0.1) is 0 Å². The second-order valence-electron chi connectivity index (χ2n) is 5.43. The highest BCUT2D eigenvalue weighted by Gasteiger charge is 2.24. The van der Waals surface area contributed by atoms with Crippen molar-refractivity contribution in [2.75, 3.05) is 13.7 Å². The normalized spacial score (nSPS) is 17.0. The van der Waals surface area contributed by atoms with Crippen LogP contribution in [0.5, 0.6) is 11.6 Å². The molecule has 1 N–H and O–H groups in total. The quantitative estimate of drug-likeness (QED) is 0.940. The number of fused-ring (bicyclic) bond motifs is 1. The molecule has 118 valence electrons. The van der Waals surface area contributed by atoms with Gasteiger partial charge in [-0.25, -0.2) is 4.68 Å². The van der Waals surface area contributed by atoms with Gasteiger partial charge in [0, 0.05) is 31.6 Å². The van der Waals surface area contributed by atoms with Crippen molar-refractivity contribution in [1.82, 2.24) is 15.1 Å². The zero-order valence-electron chi connectivity index (χ0n) is 13.0. The van der Waals surface area contributed by atoms with E-state index in [2.05, 4.69) is 16.5 Å². The molecule has 3 rings (SSSR count). The molecular weight excluding hydrogens is 302 g/mol. The fourth-order valence-electron chi connectivity index (χ4n) is 2.96. The number of nitrogens with one attached hydrogen (secondary N) is 1. The van der Waals surface area contributed by atoms with Crippen LogP contribution in [0.2, 0.25) is 5.02 Å². The second-order valence-corrected chi connectivity index (χ2v) is 5.83. The number of aryl methyl sites for hydroxylation is 2. The van der Waals surface area contributed by atoms with Gasteiger partial charge < -0.3 is 14.8 Å². The molecule has 0 spiro atoms. The van der Waals surface area contributed by atoms with Gasteiger partial charge in [-0.2, -0.15) is 5.10 Å². The van der Waals surface area contributed by atoms with Crippen molar-refractivity contribution in [3.63, 3.8) is 0 Å². The van der Waals surface area contributed by atoms with Gasteiger partial charge >= 0.3 is 0 Å². The Hall–Kier alpha value is -1.72. The maximum atomic E-state index is 6.21. The smallest absolute Gasteiger partial charge is 0.216 e. The molecule has 22 heavy (non-hydrogen) atoms. The van der Waals surface area contributed by atoms with E-state index in [9.17, 15) is 0 Å². The van der Waals surface area contributed by atoms with Crippen LogP contribution in [0, 0.1) is 6.92 Å². The van der Waals surface area contributed by atoms with Crippen LogP contribution in [0.3, 0.4) is 0 Å². The number of hydrogen-bond acceptors (Lipinski definition) is 4. The molecule has 0 amide bonds. The number of aromatic nitrogens is 2. The SMILES string of the molecule is COc1c(CN[C@@H]2CCOc3c(Cl)cccc32)c(C)nn1C. The highest BCUT2D eigenvalue weighted by atomic mass is 35.5. The van der Waals surface area contributed by atoms with Crippen molar-refractivity contribution in [3.05, 3.63) is 40.0 Å². The molecule has 0 unspecified atom stereocenters. The summed E-state index contributed by atoms with van der Waals surface area (Å²) in [7, 11) is 3.56. The summed E-state index contributed by atoms with van der Waals surface area (Å²) in [5.74, 6) is 1.59. The standard InChI is InChI=1S/C16H20ClN3O2/c1-10-12(16(21-3)20(2)19-10)9-18-14-7-8-22-15-11(14)5-4-6-13(15)17/h4-6,14,18H,7-9H2,1-3H3/t14-/m1/s1. The van der Waals surface area contributed by atoms with Crippen LogP contribution in [0.4, 0.5) is 0 Å². The lowest BCUT2D eigenvalue weighted by Gasteiger charge is -2.27. The Morgan fingerprint density at radius 1 is 1.50 bits per heavy atom. The molecule has 1 aromatic carbocycles. The minimum Gasteiger partial charge on any atom is -0.492 e. The zero-order valence-corrected chi connectivity index (χ0v) is 13.8. The van der Waals surface area contributed by atoms with Crippen molar-refractivity contribution < 1.29 is 9.47 Å². The van der Waals surface area contributed by atoms with Crippen molar-refractivity contribution in [2.45, 2.75) is 25.9 Å². The van der Waals surface area contributed by atoms with E-state index in [1.807, 2.05) is 26.1 Å². The summed E-state index contributed by atoms with van der Waals surface area (Å²) >= 11 is 6.21. The summed E-state index contributed by atoms with van der Waals surface area (Å²) in [6.45, 7) is 3.35. The van der Waals surface area contributed by atoms with Crippen LogP contribution in [0.15, 0.2) is 18.2 Å². The number of para-hydroxylation sites is 1. The predicted molar refractivity (Wildman–Crippen MR) is 85.6 cm³/mol. The van der Waals surface area contributed by atoms with Crippen molar-refractivity contribution in [2.24, 2.45) is 7.05 Å². The van der Waals surface area contributed by atoms with Crippen LogP contribution >= 0.6 is 11.6 Å². The third-order valence-electron chi connectivity index (χ3n) is 4.03. The lowest BCUT2D eigenvalue weighted by molar-refractivity contribution is 0.252. The molecule has 5 nitrogen and oxygen atoms in total. The number of ether oxygens (including phenoxy) is 2. The maximum Gasteiger partial charge on any atom is 0.216 e. The molecule has 0 radical (unpaired) electrons. The van der Waals surface area contributed by atoms with Gasteiger partial charge in [-0.3, -0.25) is 0 Å². The van der Waals surface area contributed by atoms with E-state index < -0.39 is 0 Å². The number of halogens is 1. The average Bonchev–Trinajstić information content (AvgIpc) is 2.78. The summed E-state index contributed by atoms with van der Waals surface area (Å²) in [6.07, 6.45) is 0.912. The Morgan fingerprint density at radius 3 is 3.09 bits per heavy atom. The van der Waals surface area contributed by atoms with Gasteiger partial charge in [0.25, 0.3) is 0 Å². The van der Waals surface area contributed by atoms with E-state index in [1.54, 1.807) is 11.8 Å². The van der Waals surface area contributed by atoms with Gasteiger partial charge in [-0.1, -0.05) is 23.7 Å². The molecule has 0 saturated carbocycles. The monoisotopic (exact) mass is 321 g/mol. The Bertz CT molecular complexity index is 684. The molecule has 1 aliphatic heterocycles. The van der Waals surface area contributed by atoms with Crippen LogP contribution in [-0.2, 0) is 13.6 Å². The first-order valence-corrected chi connectivity index (χ1v) is 7.70. The van der Waals surface area contributed by atoms with Crippen LogP contribution < -0.4 is 14.8 Å². The van der Waals surface area contributed by atoms with E-state index >= 15 is 0 Å². The van der Waals surface area contributed by atoms with Gasteiger partial charge in [0.05, 0.1) is 30.0 Å². The van der Waals surface area contributed by atoms with E-state index in [1.165, 1.54) is 0 Å². The highest BCUT2D eigenvalue weighted by Crippen LogP contribution is 2.37. The number of benzene rings is 1. The molecular formula is C16H20ClN3O2. The van der Waals surface area contributed by atoms with Crippen LogP contribution in [-0.4, -0.2) is 23.5 Å². The van der Waals surface area contributed by atoms with Crippen molar-refractivity contribution >= 4 is 11.6 Å². The van der Waals surface area contributed by atoms with Crippen LogP contribution in [0.25, 0.3) is 0 Å². The molecule has 0 fully saturated rings. The molecule has 0 bridgehead atoms. The molecule has 1 atom stereocenters. The van der Waals surface area contributed by atoms with Gasteiger partial charge in [-0.05, 0) is 13.0 Å². The summed E-state index contributed by atoms with van der Waals surface area (Å²) in [5.41, 5.74) is 3.17. The second kappa shape index (κ2) is 6.18.